The maximum atomic E-state index is 6.71. The zero-order valence-corrected chi connectivity index (χ0v) is 12.6. The maximum Gasteiger partial charge on any atom is 0.0622 e. The van der Waals surface area contributed by atoms with E-state index in [4.69, 9.17) is 11.6 Å². The summed E-state index contributed by atoms with van der Waals surface area (Å²) in [5.74, 6) is 0.495. The van der Waals surface area contributed by atoms with Crippen LogP contribution in [0.3, 0.4) is 0 Å². The first-order valence-electron chi connectivity index (χ1n) is 7.51. The van der Waals surface area contributed by atoms with E-state index in [0.717, 1.165) is 12.8 Å². The molecular formula is C20H17Cl. The largest absolute Gasteiger partial charge is 0.117 e. The Morgan fingerprint density at radius 1 is 0.857 bits per heavy atom. The zero-order chi connectivity index (χ0) is 14.2. The molecule has 0 aromatic heterocycles. The van der Waals surface area contributed by atoms with E-state index in [0.29, 0.717) is 5.92 Å². The molecule has 3 aromatic carbocycles. The summed E-state index contributed by atoms with van der Waals surface area (Å²) < 4.78 is 0. The second kappa shape index (κ2) is 5.20. The molecular weight excluding hydrogens is 276 g/mol. The molecule has 1 heteroatoms. The van der Waals surface area contributed by atoms with Crippen LogP contribution in [0.25, 0.3) is 10.8 Å². The Kier molecular flexibility index (Phi) is 3.20. The van der Waals surface area contributed by atoms with Gasteiger partial charge in [-0.2, -0.15) is 0 Å². The van der Waals surface area contributed by atoms with Crippen molar-refractivity contribution in [1.82, 2.24) is 0 Å². The SMILES string of the molecule is ClC1c2ccccc2CC1Cc1cccc2ccccc12. The molecule has 0 amide bonds. The summed E-state index contributed by atoms with van der Waals surface area (Å²) in [6.07, 6.45) is 2.14. The van der Waals surface area contributed by atoms with Crippen molar-refractivity contribution in [2.24, 2.45) is 5.92 Å². The van der Waals surface area contributed by atoms with Crippen molar-refractivity contribution in [3.63, 3.8) is 0 Å². The van der Waals surface area contributed by atoms with Crippen LogP contribution >= 0.6 is 11.6 Å². The molecule has 2 atom stereocenters. The summed E-state index contributed by atoms with van der Waals surface area (Å²) in [5.41, 5.74) is 4.16. The van der Waals surface area contributed by atoms with Crippen LogP contribution in [0.2, 0.25) is 0 Å². The highest BCUT2D eigenvalue weighted by Crippen LogP contribution is 2.42. The van der Waals surface area contributed by atoms with E-state index < -0.39 is 0 Å². The fourth-order valence-electron chi connectivity index (χ4n) is 3.56. The molecule has 21 heavy (non-hydrogen) atoms. The molecule has 0 saturated heterocycles. The third kappa shape index (κ3) is 2.24. The molecule has 0 nitrogen and oxygen atoms in total. The Balaban J connectivity index is 1.68. The highest BCUT2D eigenvalue weighted by molar-refractivity contribution is 6.21. The molecule has 3 aromatic rings. The minimum absolute atomic E-state index is 0.139. The average molecular weight is 293 g/mol. The Morgan fingerprint density at radius 3 is 2.52 bits per heavy atom. The monoisotopic (exact) mass is 292 g/mol. The first kappa shape index (κ1) is 12.9. The molecule has 0 heterocycles. The molecule has 2 unspecified atom stereocenters. The molecule has 0 N–H and O–H groups in total. The molecule has 104 valence electrons. The van der Waals surface area contributed by atoms with Gasteiger partial charge < -0.3 is 0 Å². The minimum atomic E-state index is 0.139. The predicted octanol–water partition coefficient (Wildman–Crippen LogP) is 5.53. The number of rotatable bonds is 2. The quantitative estimate of drug-likeness (QED) is 0.544. The van der Waals surface area contributed by atoms with Gasteiger partial charge >= 0.3 is 0 Å². The number of hydrogen-bond acceptors (Lipinski definition) is 0. The van der Waals surface area contributed by atoms with E-state index in [9.17, 15) is 0 Å². The number of halogens is 1. The van der Waals surface area contributed by atoms with Crippen LogP contribution < -0.4 is 0 Å². The molecule has 0 bridgehead atoms. The molecule has 1 aliphatic carbocycles. The topological polar surface area (TPSA) is 0 Å². The Bertz CT molecular complexity index is 785. The summed E-state index contributed by atoms with van der Waals surface area (Å²) in [6.45, 7) is 0. The van der Waals surface area contributed by atoms with E-state index in [1.165, 1.54) is 27.5 Å². The van der Waals surface area contributed by atoms with Gasteiger partial charge in [0.25, 0.3) is 0 Å². The average Bonchev–Trinajstić information content (AvgIpc) is 2.85. The van der Waals surface area contributed by atoms with Crippen LogP contribution in [0.1, 0.15) is 22.1 Å². The van der Waals surface area contributed by atoms with Crippen molar-refractivity contribution in [1.29, 1.82) is 0 Å². The predicted molar refractivity (Wildman–Crippen MR) is 89.9 cm³/mol. The first-order chi connectivity index (χ1) is 10.3. The minimum Gasteiger partial charge on any atom is -0.117 e. The van der Waals surface area contributed by atoms with Crippen LogP contribution in [-0.4, -0.2) is 0 Å². The molecule has 0 spiro atoms. The molecule has 4 rings (SSSR count). The van der Waals surface area contributed by atoms with Gasteiger partial charge in [-0.25, -0.2) is 0 Å². The van der Waals surface area contributed by atoms with Gasteiger partial charge in [-0.1, -0.05) is 66.7 Å². The van der Waals surface area contributed by atoms with E-state index in [2.05, 4.69) is 66.7 Å². The van der Waals surface area contributed by atoms with Crippen molar-refractivity contribution in [2.75, 3.05) is 0 Å². The first-order valence-corrected chi connectivity index (χ1v) is 7.95. The normalized spacial score (nSPS) is 20.6. The number of benzene rings is 3. The summed E-state index contributed by atoms with van der Waals surface area (Å²) in [4.78, 5) is 0. The summed E-state index contributed by atoms with van der Waals surface area (Å²) >= 11 is 6.71. The van der Waals surface area contributed by atoms with Gasteiger partial charge in [0.2, 0.25) is 0 Å². The van der Waals surface area contributed by atoms with Crippen molar-refractivity contribution in [3.8, 4) is 0 Å². The van der Waals surface area contributed by atoms with Gasteiger partial charge in [0.1, 0.15) is 0 Å². The molecule has 0 fully saturated rings. The Labute approximate surface area is 130 Å². The van der Waals surface area contributed by atoms with Crippen molar-refractivity contribution < 1.29 is 0 Å². The number of fused-ring (bicyclic) bond motifs is 2. The second-order valence-electron chi connectivity index (χ2n) is 5.91. The molecule has 0 radical (unpaired) electrons. The van der Waals surface area contributed by atoms with Crippen LogP contribution in [0, 0.1) is 5.92 Å². The van der Waals surface area contributed by atoms with Crippen molar-refractivity contribution in [2.45, 2.75) is 18.2 Å². The van der Waals surface area contributed by atoms with Crippen LogP contribution in [0.15, 0.2) is 66.7 Å². The second-order valence-corrected chi connectivity index (χ2v) is 6.38. The molecule has 0 aliphatic heterocycles. The van der Waals surface area contributed by atoms with Crippen molar-refractivity contribution >= 4 is 22.4 Å². The lowest BCUT2D eigenvalue weighted by atomic mass is 9.93. The van der Waals surface area contributed by atoms with E-state index in [1.807, 2.05) is 0 Å². The van der Waals surface area contributed by atoms with Gasteiger partial charge in [-0.3, -0.25) is 0 Å². The maximum absolute atomic E-state index is 6.71. The third-order valence-corrected chi connectivity index (χ3v) is 5.20. The van der Waals surface area contributed by atoms with E-state index in [-0.39, 0.29) is 5.38 Å². The van der Waals surface area contributed by atoms with Gasteiger partial charge in [-0.05, 0) is 46.2 Å². The van der Waals surface area contributed by atoms with Crippen LogP contribution in [0.5, 0.6) is 0 Å². The smallest absolute Gasteiger partial charge is 0.0622 e. The lowest BCUT2D eigenvalue weighted by Gasteiger charge is -2.16. The fraction of sp³-hybridized carbons (Fsp3) is 0.200. The Morgan fingerprint density at radius 2 is 1.62 bits per heavy atom. The molecule has 1 aliphatic rings. The Hall–Kier alpha value is -1.79. The lowest BCUT2D eigenvalue weighted by molar-refractivity contribution is 0.545. The summed E-state index contributed by atoms with van der Waals surface area (Å²) in [6, 6.07) is 23.8. The summed E-state index contributed by atoms with van der Waals surface area (Å²) in [5, 5.41) is 2.82. The van der Waals surface area contributed by atoms with Gasteiger partial charge in [0.05, 0.1) is 5.38 Å². The van der Waals surface area contributed by atoms with Gasteiger partial charge in [0.15, 0.2) is 0 Å². The standard InChI is InChI=1S/C20H17Cl/c21-20-17(13-16-7-2-4-11-19(16)20)12-15-9-5-8-14-6-1-3-10-18(14)15/h1-11,17,20H,12-13H2. The highest BCUT2D eigenvalue weighted by atomic mass is 35.5. The van der Waals surface area contributed by atoms with E-state index >= 15 is 0 Å². The van der Waals surface area contributed by atoms with Crippen LogP contribution in [0.4, 0.5) is 0 Å². The molecule has 0 saturated carbocycles. The number of alkyl halides is 1. The van der Waals surface area contributed by atoms with Gasteiger partial charge in [-0.15, -0.1) is 11.6 Å². The fourth-order valence-corrected chi connectivity index (χ4v) is 3.95. The van der Waals surface area contributed by atoms with Gasteiger partial charge in [0, 0.05) is 0 Å². The number of hydrogen-bond donors (Lipinski definition) is 0. The third-order valence-electron chi connectivity index (χ3n) is 4.61. The van der Waals surface area contributed by atoms with E-state index in [1.54, 1.807) is 0 Å². The van der Waals surface area contributed by atoms with Crippen LogP contribution in [-0.2, 0) is 12.8 Å². The summed E-state index contributed by atoms with van der Waals surface area (Å²) in [7, 11) is 0. The zero-order valence-electron chi connectivity index (χ0n) is 11.8. The van der Waals surface area contributed by atoms with Crippen molar-refractivity contribution in [3.05, 3.63) is 83.4 Å². The highest BCUT2D eigenvalue weighted by Gasteiger charge is 2.30. The lowest BCUT2D eigenvalue weighted by Crippen LogP contribution is -2.07.